The fourth-order valence-corrected chi connectivity index (χ4v) is 1.78. The number of carbonyl (C=O) groups is 1. The number of hydrogen-bond acceptors (Lipinski definition) is 4. The van der Waals surface area contributed by atoms with Crippen molar-refractivity contribution in [2.75, 3.05) is 25.1 Å². The maximum Gasteiger partial charge on any atom is 0.340 e. The van der Waals surface area contributed by atoms with E-state index >= 15 is 0 Å². The molecule has 0 aromatic heterocycles. The van der Waals surface area contributed by atoms with Crippen molar-refractivity contribution in [1.29, 1.82) is 0 Å². The van der Waals surface area contributed by atoms with E-state index in [9.17, 15) is 4.79 Å². The van der Waals surface area contributed by atoms with E-state index in [1.54, 1.807) is 6.07 Å². The first kappa shape index (κ1) is 16.5. The molecule has 0 saturated heterocycles. The topological polar surface area (TPSA) is 41.6 Å². The maximum absolute atomic E-state index is 12.1. The Kier molecular flexibility index (Phi) is 7.09. The highest BCUT2D eigenvalue weighted by atomic mass is 16.5. The van der Waals surface area contributed by atoms with E-state index in [0.717, 1.165) is 25.2 Å². The van der Waals surface area contributed by atoms with E-state index in [4.69, 9.17) is 4.74 Å². The zero-order chi connectivity index (χ0) is 15.0. The van der Waals surface area contributed by atoms with E-state index < -0.39 is 0 Å². The first-order valence-electron chi connectivity index (χ1n) is 7.36. The molecule has 0 fully saturated rings. The predicted octanol–water partition coefficient (Wildman–Crippen LogP) is 3.56. The number of ether oxygens (including phenoxy) is 1. The third kappa shape index (κ3) is 5.21. The molecule has 1 rings (SSSR count). The minimum absolute atomic E-state index is 0.263. The third-order valence-electron chi connectivity index (χ3n) is 3.12. The van der Waals surface area contributed by atoms with Crippen LogP contribution in [0.25, 0.3) is 0 Å². The Morgan fingerprint density at radius 3 is 2.50 bits per heavy atom. The summed E-state index contributed by atoms with van der Waals surface area (Å²) in [6, 6.07) is 7.46. The highest BCUT2D eigenvalue weighted by Crippen LogP contribution is 2.17. The van der Waals surface area contributed by atoms with Crippen LogP contribution in [0.15, 0.2) is 24.3 Å². The van der Waals surface area contributed by atoms with Crippen LogP contribution in [0.4, 0.5) is 5.69 Å². The molecule has 0 spiro atoms. The number of carbonyl (C=O) groups excluding carboxylic acids is 1. The number of nitrogens with one attached hydrogen (secondary N) is 1. The molecule has 0 amide bonds. The number of hydrazine groups is 1. The minimum atomic E-state index is -0.263. The first-order chi connectivity index (χ1) is 9.58. The average Bonchev–Trinajstić information content (AvgIpc) is 2.44. The zero-order valence-electron chi connectivity index (χ0n) is 13.0. The SMILES string of the molecule is CCN(CC)Nc1ccccc1C(=O)OCCC(C)C. The van der Waals surface area contributed by atoms with Gasteiger partial charge < -0.3 is 10.2 Å². The van der Waals surface area contributed by atoms with Gasteiger partial charge in [-0.15, -0.1) is 0 Å². The van der Waals surface area contributed by atoms with Crippen LogP contribution < -0.4 is 5.43 Å². The summed E-state index contributed by atoms with van der Waals surface area (Å²) in [5, 5.41) is 2.04. The van der Waals surface area contributed by atoms with Crippen LogP contribution in [-0.2, 0) is 4.74 Å². The number of nitrogens with zero attached hydrogens (tertiary/aromatic N) is 1. The molecule has 0 aliphatic rings. The van der Waals surface area contributed by atoms with Gasteiger partial charge in [-0.25, -0.2) is 9.80 Å². The van der Waals surface area contributed by atoms with Crippen molar-refractivity contribution in [1.82, 2.24) is 5.01 Å². The molecular weight excluding hydrogens is 252 g/mol. The summed E-state index contributed by atoms with van der Waals surface area (Å²) in [7, 11) is 0. The third-order valence-corrected chi connectivity index (χ3v) is 3.12. The Morgan fingerprint density at radius 1 is 1.25 bits per heavy atom. The zero-order valence-corrected chi connectivity index (χ0v) is 13.0. The lowest BCUT2D eigenvalue weighted by atomic mass is 10.1. The summed E-state index contributed by atoms with van der Waals surface area (Å²) in [5.41, 5.74) is 4.64. The molecule has 0 aliphatic carbocycles. The number of hydrogen-bond donors (Lipinski definition) is 1. The van der Waals surface area contributed by atoms with E-state index in [0.29, 0.717) is 18.1 Å². The summed E-state index contributed by atoms with van der Waals surface area (Å²) in [5.74, 6) is 0.271. The lowest BCUT2D eigenvalue weighted by molar-refractivity contribution is 0.0489. The smallest absolute Gasteiger partial charge is 0.340 e. The Balaban J connectivity index is 2.71. The molecule has 0 unspecified atom stereocenters. The first-order valence-corrected chi connectivity index (χ1v) is 7.36. The van der Waals surface area contributed by atoms with Crippen LogP contribution in [0.3, 0.4) is 0 Å². The highest BCUT2D eigenvalue weighted by molar-refractivity contribution is 5.95. The average molecular weight is 278 g/mol. The molecule has 1 aromatic rings. The van der Waals surface area contributed by atoms with Crippen LogP contribution in [-0.4, -0.2) is 30.7 Å². The lowest BCUT2D eigenvalue weighted by Gasteiger charge is -2.22. The summed E-state index contributed by atoms with van der Waals surface area (Å²) < 4.78 is 5.33. The number of rotatable bonds is 8. The van der Waals surface area contributed by atoms with Gasteiger partial charge in [-0.05, 0) is 24.5 Å². The van der Waals surface area contributed by atoms with Crippen molar-refractivity contribution in [3.8, 4) is 0 Å². The summed E-state index contributed by atoms with van der Waals surface area (Å²) in [6.45, 7) is 10.6. The van der Waals surface area contributed by atoms with Gasteiger partial charge in [0.2, 0.25) is 0 Å². The molecular formula is C16H26N2O2. The van der Waals surface area contributed by atoms with Crippen LogP contribution in [0.5, 0.6) is 0 Å². The molecule has 1 N–H and O–H groups in total. The van der Waals surface area contributed by atoms with Crippen molar-refractivity contribution in [2.45, 2.75) is 34.1 Å². The standard InChI is InChI=1S/C16H26N2O2/c1-5-18(6-2)17-15-10-8-7-9-14(15)16(19)20-12-11-13(3)4/h7-10,13,17H,5-6,11-12H2,1-4H3. The van der Waals surface area contributed by atoms with Crippen molar-refractivity contribution in [2.24, 2.45) is 5.92 Å². The van der Waals surface area contributed by atoms with E-state index in [1.807, 2.05) is 23.2 Å². The normalized spacial score (nSPS) is 10.9. The second kappa shape index (κ2) is 8.59. The molecule has 0 radical (unpaired) electrons. The van der Waals surface area contributed by atoms with Crippen molar-refractivity contribution in [3.05, 3.63) is 29.8 Å². The Morgan fingerprint density at radius 2 is 1.90 bits per heavy atom. The van der Waals surface area contributed by atoms with Crippen LogP contribution in [0.1, 0.15) is 44.5 Å². The van der Waals surface area contributed by atoms with E-state index in [1.165, 1.54) is 0 Å². The molecule has 112 valence electrons. The van der Waals surface area contributed by atoms with Gasteiger partial charge in [-0.3, -0.25) is 0 Å². The predicted molar refractivity (Wildman–Crippen MR) is 82.7 cm³/mol. The van der Waals surface area contributed by atoms with Gasteiger partial charge in [0.25, 0.3) is 0 Å². The maximum atomic E-state index is 12.1. The molecule has 4 heteroatoms. The van der Waals surface area contributed by atoms with E-state index in [2.05, 4.69) is 33.1 Å². The number of benzene rings is 1. The second-order valence-corrected chi connectivity index (χ2v) is 5.15. The van der Waals surface area contributed by atoms with E-state index in [-0.39, 0.29) is 5.97 Å². The molecule has 1 aromatic carbocycles. The van der Waals surface area contributed by atoms with Gasteiger partial charge in [0, 0.05) is 13.1 Å². The van der Waals surface area contributed by atoms with Crippen molar-refractivity contribution < 1.29 is 9.53 Å². The van der Waals surface area contributed by atoms with Gasteiger partial charge in [-0.2, -0.15) is 0 Å². The van der Waals surface area contributed by atoms with Crippen LogP contribution in [0.2, 0.25) is 0 Å². The monoisotopic (exact) mass is 278 g/mol. The molecule has 0 bridgehead atoms. The molecule has 20 heavy (non-hydrogen) atoms. The number of anilines is 1. The second-order valence-electron chi connectivity index (χ2n) is 5.15. The minimum Gasteiger partial charge on any atom is -0.462 e. The Hall–Kier alpha value is -1.55. The lowest BCUT2D eigenvalue weighted by Crippen LogP contribution is -2.30. The fourth-order valence-electron chi connectivity index (χ4n) is 1.78. The van der Waals surface area contributed by atoms with Gasteiger partial charge >= 0.3 is 5.97 Å². The molecule has 0 aliphatic heterocycles. The number of esters is 1. The fraction of sp³-hybridized carbons (Fsp3) is 0.562. The van der Waals surface area contributed by atoms with Gasteiger partial charge in [0.05, 0.1) is 17.9 Å². The van der Waals surface area contributed by atoms with Gasteiger partial charge in [-0.1, -0.05) is 39.8 Å². The summed E-state index contributed by atoms with van der Waals surface area (Å²) in [6.07, 6.45) is 0.886. The Labute approximate surface area is 122 Å². The summed E-state index contributed by atoms with van der Waals surface area (Å²) in [4.78, 5) is 12.1. The molecule has 0 heterocycles. The summed E-state index contributed by atoms with van der Waals surface area (Å²) >= 11 is 0. The quantitative estimate of drug-likeness (QED) is 0.583. The van der Waals surface area contributed by atoms with Gasteiger partial charge in [0.15, 0.2) is 0 Å². The highest BCUT2D eigenvalue weighted by Gasteiger charge is 2.13. The van der Waals surface area contributed by atoms with Gasteiger partial charge in [0.1, 0.15) is 0 Å². The number of para-hydroxylation sites is 1. The van der Waals surface area contributed by atoms with Crippen LogP contribution >= 0.6 is 0 Å². The van der Waals surface area contributed by atoms with Crippen molar-refractivity contribution in [3.63, 3.8) is 0 Å². The molecule has 4 nitrogen and oxygen atoms in total. The largest absolute Gasteiger partial charge is 0.462 e. The molecule has 0 atom stereocenters. The molecule has 0 saturated carbocycles. The van der Waals surface area contributed by atoms with Crippen LogP contribution in [0, 0.1) is 5.92 Å². The Bertz CT molecular complexity index is 415. The van der Waals surface area contributed by atoms with Crippen molar-refractivity contribution >= 4 is 11.7 Å².